The van der Waals surface area contributed by atoms with Crippen molar-refractivity contribution in [3.63, 3.8) is 0 Å². The molecule has 1 aromatic rings. The topological polar surface area (TPSA) is 15.3 Å². The monoisotopic (exact) mass is 232 g/mol. The van der Waals surface area contributed by atoms with Gasteiger partial charge in [-0.2, -0.15) is 0 Å². The normalized spacial score (nSPS) is 19.5. The molecule has 0 saturated heterocycles. The van der Waals surface area contributed by atoms with Crippen LogP contribution in [0.15, 0.2) is 24.3 Å². The number of rotatable bonds is 4. The first kappa shape index (κ1) is 12.4. The van der Waals surface area contributed by atoms with Crippen LogP contribution in [0.3, 0.4) is 0 Å². The fourth-order valence-corrected chi connectivity index (χ4v) is 3.00. The summed E-state index contributed by atoms with van der Waals surface area (Å²) in [6.07, 6.45) is 3.67. The molecule has 1 aliphatic rings. The molecule has 1 heterocycles. The van der Waals surface area contributed by atoms with E-state index in [4.69, 9.17) is 0 Å². The Labute approximate surface area is 105 Å². The van der Waals surface area contributed by atoms with Crippen LogP contribution in [-0.2, 0) is 0 Å². The van der Waals surface area contributed by atoms with Gasteiger partial charge in [-0.3, -0.25) is 0 Å². The Morgan fingerprint density at radius 3 is 2.65 bits per heavy atom. The summed E-state index contributed by atoms with van der Waals surface area (Å²) in [6, 6.07) is 10.1. The van der Waals surface area contributed by atoms with Crippen LogP contribution in [0.4, 0.5) is 5.69 Å². The van der Waals surface area contributed by atoms with Crippen LogP contribution in [0.25, 0.3) is 0 Å². The van der Waals surface area contributed by atoms with Crippen molar-refractivity contribution < 1.29 is 0 Å². The molecule has 2 heteroatoms. The average molecular weight is 232 g/mol. The van der Waals surface area contributed by atoms with Gasteiger partial charge in [0.05, 0.1) is 0 Å². The van der Waals surface area contributed by atoms with Gasteiger partial charge in [0.2, 0.25) is 0 Å². The molecule has 17 heavy (non-hydrogen) atoms. The maximum absolute atomic E-state index is 3.43. The van der Waals surface area contributed by atoms with Crippen molar-refractivity contribution in [2.24, 2.45) is 0 Å². The van der Waals surface area contributed by atoms with Gasteiger partial charge < -0.3 is 10.2 Å². The lowest BCUT2D eigenvalue weighted by Gasteiger charge is -2.40. The largest absolute Gasteiger partial charge is 0.368 e. The number of anilines is 1. The van der Waals surface area contributed by atoms with Crippen molar-refractivity contribution in [1.82, 2.24) is 5.32 Å². The predicted octanol–water partition coefficient (Wildman–Crippen LogP) is 3.35. The third-order valence-corrected chi connectivity index (χ3v) is 4.01. The Hall–Kier alpha value is -1.02. The van der Waals surface area contributed by atoms with Gasteiger partial charge >= 0.3 is 0 Å². The summed E-state index contributed by atoms with van der Waals surface area (Å²) < 4.78 is 0. The first-order valence-corrected chi connectivity index (χ1v) is 6.84. The minimum Gasteiger partial charge on any atom is -0.368 e. The Bertz CT molecular complexity index is 358. The van der Waals surface area contributed by atoms with Gasteiger partial charge in [-0.05, 0) is 37.9 Å². The van der Waals surface area contributed by atoms with Crippen molar-refractivity contribution in [2.75, 3.05) is 18.5 Å². The van der Waals surface area contributed by atoms with Gasteiger partial charge in [-0.25, -0.2) is 0 Å². The molecule has 0 spiro atoms. The van der Waals surface area contributed by atoms with E-state index in [9.17, 15) is 0 Å². The van der Waals surface area contributed by atoms with E-state index in [1.807, 2.05) is 0 Å². The molecule has 1 aliphatic heterocycles. The van der Waals surface area contributed by atoms with E-state index in [1.165, 1.54) is 37.1 Å². The number of benzene rings is 1. The van der Waals surface area contributed by atoms with Gasteiger partial charge in [0.15, 0.2) is 0 Å². The summed E-state index contributed by atoms with van der Waals surface area (Å²) in [7, 11) is 2.06. The maximum Gasteiger partial charge on any atom is 0.0417 e. The highest BCUT2D eigenvalue weighted by Crippen LogP contribution is 2.35. The Kier molecular flexibility index (Phi) is 4.06. The zero-order valence-electron chi connectivity index (χ0n) is 11.2. The number of hydrogen-bond acceptors (Lipinski definition) is 2. The van der Waals surface area contributed by atoms with Gasteiger partial charge in [0.1, 0.15) is 0 Å². The second-order valence-electron chi connectivity index (χ2n) is 4.85. The fourth-order valence-electron chi connectivity index (χ4n) is 3.00. The molecule has 1 aromatic carbocycles. The maximum atomic E-state index is 3.43. The van der Waals surface area contributed by atoms with Crippen LogP contribution >= 0.6 is 0 Å². The molecule has 0 aromatic heterocycles. The number of hydrogen-bond donors (Lipinski definition) is 1. The third-order valence-electron chi connectivity index (χ3n) is 4.01. The molecule has 1 N–H and O–H groups in total. The van der Waals surface area contributed by atoms with Gasteiger partial charge in [0, 0.05) is 24.3 Å². The van der Waals surface area contributed by atoms with Gasteiger partial charge in [-0.1, -0.05) is 32.0 Å². The van der Waals surface area contributed by atoms with Crippen LogP contribution in [0, 0.1) is 0 Å². The number of nitrogens with zero attached hydrogens (tertiary/aromatic N) is 1. The van der Waals surface area contributed by atoms with Crippen LogP contribution in [0.1, 0.15) is 44.7 Å². The smallest absolute Gasteiger partial charge is 0.0417 e. The molecular formula is C15H24N2. The highest BCUT2D eigenvalue weighted by molar-refractivity contribution is 5.57. The van der Waals surface area contributed by atoms with E-state index >= 15 is 0 Å². The lowest BCUT2D eigenvalue weighted by molar-refractivity contribution is 0.469. The quantitative estimate of drug-likeness (QED) is 0.856. The summed E-state index contributed by atoms with van der Waals surface area (Å²) in [5.41, 5.74) is 2.90. The summed E-state index contributed by atoms with van der Waals surface area (Å²) >= 11 is 0. The van der Waals surface area contributed by atoms with E-state index in [-0.39, 0.29) is 0 Å². The molecule has 0 saturated carbocycles. The molecule has 0 radical (unpaired) electrons. The first-order valence-electron chi connectivity index (χ1n) is 6.84. The first-order chi connectivity index (χ1) is 8.31. The van der Waals surface area contributed by atoms with E-state index < -0.39 is 0 Å². The minimum absolute atomic E-state index is 0.525. The highest BCUT2D eigenvalue weighted by Gasteiger charge is 2.26. The van der Waals surface area contributed by atoms with Crippen molar-refractivity contribution in [2.45, 2.75) is 45.2 Å². The Balaban J connectivity index is 2.33. The second-order valence-corrected chi connectivity index (χ2v) is 4.85. The van der Waals surface area contributed by atoms with Crippen LogP contribution in [-0.4, -0.2) is 19.6 Å². The van der Waals surface area contributed by atoms with Crippen LogP contribution < -0.4 is 10.2 Å². The predicted molar refractivity (Wildman–Crippen MR) is 74.6 cm³/mol. The standard InChI is InChI=1S/C15H24N2/c1-4-12(5-2)17-11-10-14(16-3)13-8-6-7-9-15(13)17/h6-9,12,14,16H,4-5,10-11H2,1-3H3. The molecule has 0 bridgehead atoms. The van der Waals surface area contributed by atoms with E-state index in [1.54, 1.807) is 0 Å². The molecule has 2 nitrogen and oxygen atoms in total. The zero-order chi connectivity index (χ0) is 12.3. The second kappa shape index (κ2) is 5.54. The molecule has 0 amide bonds. The Morgan fingerprint density at radius 2 is 2.00 bits per heavy atom. The third kappa shape index (κ3) is 2.32. The lowest BCUT2D eigenvalue weighted by Crippen LogP contribution is -2.41. The minimum atomic E-state index is 0.525. The van der Waals surface area contributed by atoms with Gasteiger partial charge in [0.25, 0.3) is 0 Å². The molecule has 94 valence electrons. The summed E-state index contributed by atoms with van der Waals surface area (Å²) in [5.74, 6) is 0. The summed E-state index contributed by atoms with van der Waals surface area (Å²) in [4.78, 5) is 2.60. The van der Waals surface area contributed by atoms with Crippen LogP contribution in [0.5, 0.6) is 0 Å². The average Bonchev–Trinajstić information content (AvgIpc) is 2.40. The Morgan fingerprint density at radius 1 is 1.29 bits per heavy atom. The van der Waals surface area contributed by atoms with Crippen molar-refractivity contribution in [3.05, 3.63) is 29.8 Å². The lowest BCUT2D eigenvalue weighted by atomic mass is 9.94. The van der Waals surface area contributed by atoms with Crippen molar-refractivity contribution in [1.29, 1.82) is 0 Å². The number of nitrogens with one attached hydrogen (secondary N) is 1. The van der Waals surface area contributed by atoms with E-state index in [0.717, 1.165) is 0 Å². The zero-order valence-corrected chi connectivity index (χ0v) is 11.2. The molecule has 1 unspecified atom stereocenters. The van der Waals surface area contributed by atoms with Crippen molar-refractivity contribution in [3.8, 4) is 0 Å². The van der Waals surface area contributed by atoms with Gasteiger partial charge in [-0.15, -0.1) is 0 Å². The number of fused-ring (bicyclic) bond motifs is 1. The molecule has 0 aliphatic carbocycles. The fraction of sp³-hybridized carbons (Fsp3) is 0.600. The van der Waals surface area contributed by atoms with E-state index in [2.05, 4.69) is 55.4 Å². The summed E-state index contributed by atoms with van der Waals surface area (Å²) in [6.45, 7) is 5.76. The molecule has 0 fully saturated rings. The molecule has 2 rings (SSSR count). The highest BCUT2D eigenvalue weighted by atomic mass is 15.2. The SMILES string of the molecule is CCC(CC)N1CCC(NC)c2ccccc21. The molecular weight excluding hydrogens is 208 g/mol. The number of para-hydroxylation sites is 1. The summed E-state index contributed by atoms with van der Waals surface area (Å²) in [5, 5.41) is 3.43. The molecule has 1 atom stereocenters. The van der Waals surface area contributed by atoms with Crippen LogP contribution in [0.2, 0.25) is 0 Å². The van der Waals surface area contributed by atoms with Crippen molar-refractivity contribution >= 4 is 5.69 Å². The van der Waals surface area contributed by atoms with E-state index in [0.29, 0.717) is 12.1 Å².